The first-order valence-corrected chi connectivity index (χ1v) is 6.91. The molecule has 19 heavy (non-hydrogen) atoms. The third-order valence-electron chi connectivity index (χ3n) is 3.44. The third-order valence-corrected chi connectivity index (χ3v) is 4.70. The van der Waals surface area contributed by atoms with Crippen LogP contribution in [0.1, 0.15) is 29.4 Å². The van der Waals surface area contributed by atoms with Crippen LogP contribution in [0.5, 0.6) is 5.75 Å². The zero-order chi connectivity index (χ0) is 14.2. The first-order chi connectivity index (χ1) is 8.85. The van der Waals surface area contributed by atoms with E-state index in [1.54, 1.807) is 0 Å². The molecule has 1 amide bonds. The van der Waals surface area contributed by atoms with E-state index >= 15 is 0 Å². The number of hydrogen-bond acceptors (Lipinski definition) is 6. The maximum absolute atomic E-state index is 11.3. The van der Waals surface area contributed by atoms with Gasteiger partial charge < -0.3 is 26.2 Å². The summed E-state index contributed by atoms with van der Waals surface area (Å²) >= 11 is 1.25. The monoisotopic (exact) mass is 285 g/mol. The molecule has 0 radical (unpaired) electrons. The number of amides is 1. The summed E-state index contributed by atoms with van der Waals surface area (Å²) in [4.78, 5) is 13.7. The summed E-state index contributed by atoms with van der Waals surface area (Å²) in [5.74, 6) is -0.0450. The predicted molar refractivity (Wildman–Crippen MR) is 75.9 cm³/mol. The van der Waals surface area contributed by atoms with Crippen molar-refractivity contribution in [1.29, 1.82) is 0 Å². The van der Waals surface area contributed by atoms with Crippen molar-refractivity contribution in [2.24, 2.45) is 5.73 Å². The number of piperidine rings is 1. The Bertz CT molecular complexity index is 489. The molecule has 106 valence electrons. The number of carbonyl (C=O) groups is 1. The number of anilines is 2. The molecule has 0 unspecified atom stereocenters. The second-order valence-corrected chi connectivity index (χ2v) is 6.03. The van der Waals surface area contributed by atoms with Gasteiger partial charge in [0.1, 0.15) is 15.6 Å². The number of primary amides is 1. The van der Waals surface area contributed by atoms with Crippen LogP contribution in [-0.2, 0) is 0 Å². The summed E-state index contributed by atoms with van der Waals surface area (Å²) in [6, 6.07) is 0. The number of nitrogens with zero attached hydrogens (tertiary/aromatic N) is 1. The highest BCUT2D eigenvalue weighted by Gasteiger charge is 2.31. The van der Waals surface area contributed by atoms with Crippen molar-refractivity contribution < 1.29 is 14.6 Å². The number of aliphatic hydroxyl groups is 1. The zero-order valence-electron chi connectivity index (χ0n) is 11.1. The molecule has 0 bridgehead atoms. The van der Waals surface area contributed by atoms with Gasteiger partial charge in [0.25, 0.3) is 5.91 Å². The standard InChI is InChI=1S/C12H19N3O3S/c1-12(17)3-5-15(6-4-12)11-8(18-2)7(13)9(19-11)10(14)16/h17H,3-6,13H2,1-2H3,(H2,14,16). The Labute approximate surface area is 115 Å². The largest absolute Gasteiger partial charge is 0.492 e. The molecule has 1 fully saturated rings. The van der Waals surface area contributed by atoms with E-state index in [0.29, 0.717) is 42.2 Å². The number of methoxy groups -OCH3 is 1. The van der Waals surface area contributed by atoms with Gasteiger partial charge in [-0.2, -0.15) is 0 Å². The van der Waals surface area contributed by atoms with E-state index in [4.69, 9.17) is 16.2 Å². The van der Waals surface area contributed by atoms with E-state index in [2.05, 4.69) is 4.90 Å². The predicted octanol–water partition coefficient (Wildman–Crippen LogP) is 0.789. The van der Waals surface area contributed by atoms with Crippen molar-refractivity contribution in [2.45, 2.75) is 25.4 Å². The second kappa shape index (κ2) is 4.90. The summed E-state index contributed by atoms with van der Waals surface area (Å²) in [5.41, 5.74) is 10.9. The number of thiophene rings is 1. The van der Waals surface area contributed by atoms with Gasteiger partial charge in [0.2, 0.25) is 0 Å². The average Bonchev–Trinajstić information content (AvgIpc) is 2.66. The lowest BCUT2D eigenvalue weighted by Gasteiger charge is -2.36. The van der Waals surface area contributed by atoms with Crippen molar-refractivity contribution in [3.05, 3.63) is 4.88 Å². The minimum absolute atomic E-state index is 0.298. The van der Waals surface area contributed by atoms with Gasteiger partial charge in [-0.05, 0) is 19.8 Å². The Hall–Kier alpha value is -1.47. The van der Waals surface area contributed by atoms with E-state index in [0.717, 1.165) is 5.00 Å². The highest BCUT2D eigenvalue weighted by atomic mass is 32.1. The van der Waals surface area contributed by atoms with Crippen LogP contribution in [0.15, 0.2) is 0 Å². The molecule has 0 aliphatic carbocycles. The van der Waals surface area contributed by atoms with Gasteiger partial charge >= 0.3 is 0 Å². The first kappa shape index (κ1) is 14.0. The lowest BCUT2D eigenvalue weighted by Crippen LogP contribution is -2.42. The van der Waals surface area contributed by atoms with E-state index in [9.17, 15) is 9.90 Å². The van der Waals surface area contributed by atoms with Gasteiger partial charge in [-0.15, -0.1) is 11.3 Å². The van der Waals surface area contributed by atoms with Crippen LogP contribution < -0.4 is 21.1 Å². The highest BCUT2D eigenvalue weighted by Crippen LogP contribution is 2.45. The molecule has 0 aromatic carbocycles. The molecule has 6 nitrogen and oxygen atoms in total. The van der Waals surface area contributed by atoms with E-state index in [1.807, 2.05) is 6.92 Å². The lowest BCUT2D eigenvalue weighted by molar-refractivity contribution is 0.0352. The fourth-order valence-corrected chi connectivity index (χ4v) is 3.29. The molecule has 1 aliphatic rings. The van der Waals surface area contributed by atoms with Crippen LogP contribution >= 0.6 is 11.3 Å². The van der Waals surface area contributed by atoms with Gasteiger partial charge in [0.15, 0.2) is 5.75 Å². The molecule has 2 heterocycles. The molecule has 1 aromatic heterocycles. The summed E-state index contributed by atoms with van der Waals surface area (Å²) in [7, 11) is 1.52. The number of ether oxygens (including phenoxy) is 1. The molecule has 1 saturated heterocycles. The SMILES string of the molecule is COc1c(N2CCC(C)(O)CC2)sc(C(N)=O)c1N. The summed E-state index contributed by atoms with van der Waals surface area (Å²) < 4.78 is 5.29. The van der Waals surface area contributed by atoms with E-state index < -0.39 is 11.5 Å². The van der Waals surface area contributed by atoms with Crippen LogP contribution in [-0.4, -0.2) is 36.8 Å². The lowest BCUT2D eigenvalue weighted by atomic mass is 9.94. The Kier molecular flexibility index (Phi) is 3.60. The number of rotatable bonds is 3. The summed E-state index contributed by atoms with van der Waals surface area (Å²) in [6.07, 6.45) is 1.33. The Morgan fingerprint density at radius 3 is 2.53 bits per heavy atom. The van der Waals surface area contributed by atoms with Crippen LogP contribution in [0, 0.1) is 0 Å². The molecule has 2 rings (SSSR count). The quantitative estimate of drug-likeness (QED) is 0.762. The Morgan fingerprint density at radius 2 is 2.05 bits per heavy atom. The fraction of sp³-hybridized carbons (Fsp3) is 0.583. The van der Waals surface area contributed by atoms with Crippen molar-refractivity contribution in [2.75, 3.05) is 30.8 Å². The van der Waals surface area contributed by atoms with Crippen molar-refractivity contribution in [3.63, 3.8) is 0 Å². The van der Waals surface area contributed by atoms with Gasteiger partial charge in [0.05, 0.1) is 12.7 Å². The van der Waals surface area contributed by atoms with Crippen LogP contribution in [0.3, 0.4) is 0 Å². The number of nitrogen functional groups attached to an aromatic ring is 1. The highest BCUT2D eigenvalue weighted by molar-refractivity contribution is 7.19. The molecule has 0 spiro atoms. The summed E-state index contributed by atoms with van der Waals surface area (Å²) in [5, 5.41) is 10.8. The molecule has 0 saturated carbocycles. The zero-order valence-corrected chi connectivity index (χ0v) is 11.9. The third kappa shape index (κ3) is 2.62. The van der Waals surface area contributed by atoms with E-state index in [-0.39, 0.29) is 0 Å². The van der Waals surface area contributed by atoms with Gasteiger partial charge in [0, 0.05) is 13.1 Å². The van der Waals surface area contributed by atoms with Crippen LogP contribution in [0.25, 0.3) is 0 Å². The Balaban J connectivity index is 2.30. The smallest absolute Gasteiger partial charge is 0.261 e. The Morgan fingerprint density at radius 1 is 1.47 bits per heavy atom. The number of carbonyl (C=O) groups excluding carboxylic acids is 1. The van der Waals surface area contributed by atoms with Crippen molar-refractivity contribution in [3.8, 4) is 5.75 Å². The number of hydrogen-bond donors (Lipinski definition) is 3. The van der Waals surface area contributed by atoms with Gasteiger partial charge in [-0.3, -0.25) is 4.79 Å². The topological polar surface area (TPSA) is 102 Å². The minimum Gasteiger partial charge on any atom is -0.492 e. The molecular formula is C12H19N3O3S. The first-order valence-electron chi connectivity index (χ1n) is 6.09. The van der Waals surface area contributed by atoms with Crippen molar-refractivity contribution in [1.82, 2.24) is 0 Å². The maximum atomic E-state index is 11.3. The molecule has 1 aromatic rings. The van der Waals surface area contributed by atoms with Crippen molar-refractivity contribution >= 4 is 27.9 Å². The molecule has 5 N–H and O–H groups in total. The van der Waals surface area contributed by atoms with Crippen LogP contribution in [0.4, 0.5) is 10.7 Å². The number of nitrogens with two attached hydrogens (primary N) is 2. The second-order valence-electron chi connectivity index (χ2n) is 5.03. The molecule has 1 aliphatic heterocycles. The normalized spacial score (nSPS) is 18.4. The minimum atomic E-state index is -0.626. The van der Waals surface area contributed by atoms with Gasteiger partial charge in [-0.25, -0.2) is 0 Å². The molecule has 0 atom stereocenters. The maximum Gasteiger partial charge on any atom is 0.261 e. The molecule has 7 heteroatoms. The van der Waals surface area contributed by atoms with E-state index in [1.165, 1.54) is 18.4 Å². The molecular weight excluding hydrogens is 266 g/mol. The fourth-order valence-electron chi connectivity index (χ4n) is 2.20. The van der Waals surface area contributed by atoms with Gasteiger partial charge in [-0.1, -0.05) is 0 Å². The summed E-state index contributed by atoms with van der Waals surface area (Å²) in [6.45, 7) is 3.22. The average molecular weight is 285 g/mol. The van der Waals surface area contributed by atoms with Crippen LogP contribution in [0.2, 0.25) is 0 Å².